The van der Waals surface area contributed by atoms with Gasteiger partial charge in [-0.05, 0) is 12.8 Å². The van der Waals surface area contributed by atoms with Crippen LogP contribution in [0.3, 0.4) is 0 Å². The van der Waals surface area contributed by atoms with Crippen molar-refractivity contribution in [1.82, 2.24) is 14.3 Å². The van der Waals surface area contributed by atoms with Gasteiger partial charge in [0.15, 0.2) is 0 Å². The van der Waals surface area contributed by atoms with Crippen LogP contribution < -0.4 is 4.90 Å². The second-order valence-electron chi connectivity index (χ2n) is 7.47. The van der Waals surface area contributed by atoms with Crippen LogP contribution in [0.15, 0.2) is 0 Å². The number of anilines is 1. The molecule has 1 saturated carbocycles. The van der Waals surface area contributed by atoms with Gasteiger partial charge in [0.1, 0.15) is 5.82 Å². The third kappa shape index (κ3) is 3.57. The molecule has 1 aromatic rings. The average molecular weight is 308 g/mol. The summed E-state index contributed by atoms with van der Waals surface area (Å²) in [6.45, 7) is 11.1. The smallest absolute Gasteiger partial charge is 0.205 e. The fraction of sp³-hybridized carbons (Fsp3) is 0.875. The Morgan fingerprint density at radius 3 is 2.24 bits per heavy atom. The number of nitrogens with zero attached hydrogens (tertiary/aromatic N) is 4. The number of rotatable bonds is 2. The highest BCUT2D eigenvalue weighted by molar-refractivity contribution is 7.09. The lowest BCUT2D eigenvalue weighted by Crippen LogP contribution is -2.50. The first-order chi connectivity index (χ1) is 10.0. The van der Waals surface area contributed by atoms with E-state index < -0.39 is 0 Å². The van der Waals surface area contributed by atoms with Crippen molar-refractivity contribution in [3.8, 4) is 0 Å². The van der Waals surface area contributed by atoms with Crippen molar-refractivity contribution in [2.45, 2.75) is 64.3 Å². The molecule has 4 nitrogen and oxygen atoms in total. The monoisotopic (exact) mass is 308 g/mol. The molecule has 0 N–H and O–H groups in total. The number of piperazine rings is 1. The summed E-state index contributed by atoms with van der Waals surface area (Å²) < 4.78 is 4.55. The third-order valence-corrected chi connectivity index (χ3v) is 5.54. The highest BCUT2D eigenvalue weighted by atomic mass is 32.1. The van der Waals surface area contributed by atoms with Crippen LogP contribution in [0.1, 0.15) is 58.7 Å². The van der Waals surface area contributed by atoms with Gasteiger partial charge in [-0.2, -0.15) is 4.37 Å². The minimum Gasteiger partial charge on any atom is -0.344 e. The second kappa shape index (κ2) is 6.21. The molecule has 2 heterocycles. The Kier molecular flexibility index (Phi) is 4.50. The summed E-state index contributed by atoms with van der Waals surface area (Å²) in [6, 6.07) is 0.848. The van der Waals surface area contributed by atoms with E-state index in [-0.39, 0.29) is 5.41 Å². The van der Waals surface area contributed by atoms with Crippen molar-refractivity contribution in [2.24, 2.45) is 0 Å². The zero-order valence-electron chi connectivity index (χ0n) is 13.6. The standard InChI is InChI=1S/C16H28N4S/c1-16(2,3)14-17-15(21-18-14)20-11-9-19(10-12-20)13-7-5-4-6-8-13/h13H,4-12H2,1-3H3. The lowest BCUT2D eigenvalue weighted by molar-refractivity contribution is 0.148. The summed E-state index contributed by atoms with van der Waals surface area (Å²) in [5, 5.41) is 1.11. The fourth-order valence-electron chi connectivity index (χ4n) is 3.37. The van der Waals surface area contributed by atoms with Gasteiger partial charge in [-0.1, -0.05) is 40.0 Å². The van der Waals surface area contributed by atoms with Gasteiger partial charge < -0.3 is 4.90 Å². The number of hydrogen-bond acceptors (Lipinski definition) is 5. The van der Waals surface area contributed by atoms with E-state index in [1.807, 2.05) is 0 Å². The SMILES string of the molecule is CC(C)(C)c1nsc(N2CCN(C3CCCCC3)CC2)n1. The lowest BCUT2D eigenvalue weighted by Gasteiger charge is -2.40. The zero-order chi connectivity index (χ0) is 14.9. The van der Waals surface area contributed by atoms with Gasteiger partial charge >= 0.3 is 0 Å². The molecular weight excluding hydrogens is 280 g/mol. The molecular formula is C16H28N4S. The molecule has 1 aliphatic carbocycles. The van der Waals surface area contributed by atoms with Crippen molar-refractivity contribution in [3.63, 3.8) is 0 Å². The normalized spacial score (nSPS) is 22.7. The molecule has 2 fully saturated rings. The van der Waals surface area contributed by atoms with Gasteiger partial charge in [0.05, 0.1) is 0 Å². The van der Waals surface area contributed by atoms with E-state index in [0.29, 0.717) is 0 Å². The number of aromatic nitrogens is 2. The first kappa shape index (κ1) is 15.2. The molecule has 0 aromatic carbocycles. The predicted octanol–water partition coefficient (Wildman–Crippen LogP) is 3.29. The van der Waals surface area contributed by atoms with Crippen molar-refractivity contribution in [3.05, 3.63) is 5.82 Å². The molecule has 0 bridgehead atoms. The average Bonchev–Trinajstić information content (AvgIpc) is 2.98. The van der Waals surface area contributed by atoms with Crippen LogP contribution in [0.5, 0.6) is 0 Å². The maximum atomic E-state index is 4.76. The van der Waals surface area contributed by atoms with E-state index in [4.69, 9.17) is 4.98 Å². The molecule has 1 saturated heterocycles. The van der Waals surface area contributed by atoms with Gasteiger partial charge in [-0.3, -0.25) is 4.90 Å². The minimum absolute atomic E-state index is 0.0542. The quantitative estimate of drug-likeness (QED) is 0.839. The summed E-state index contributed by atoms with van der Waals surface area (Å²) >= 11 is 1.57. The summed E-state index contributed by atoms with van der Waals surface area (Å²) in [6.07, 6.45) is 7.11. The van der Waals surface area contributed by atoms with Gasteiger partial charge in [-0.15, -0.1) is 0 Å². The van der Waals surface area contributed by atoms with Crippen LogP contribution in [0.4, 0.5) is 5.13 Å². The molecule has 0 radical (unpaired) electrons. The highest BCUT2D eigenvalue weighted by Crippen LogP contribution is 2.28. The first-order valence-corrected chi connectivity index (χ1v) is 9.14. The summed E-state index contributed by atoms with van der Waals surface area (Å²) in [4.78, 5) is 9.89. The van der Waals surface area contributed by atoms with Crippen LogP contribution in [-0.4, -0.2) is 46.5 Å². The Morgan fingerprint density at radius 1 is 1.00 bits per heavy atom. The molecule has 3 rings (SSSR count). The Hall–Kier alpha value is -0.680. The molecule has 0 unspecified atom stereocenters. The predicted molar refractivity (Wildman–Crippen MR) is 89.3 cm³/mol. The molecule has 1 aromatic heterocycles. The first-order valence-electron chi connectivity index (χ1n) is 8.37. The maximum absolute atomic E-state index is 4.76. The molecule has 0 atom stereocenters. The van der Waals surface area contributed by atoms with E-state index in [1.165, 1.54) is 45.2 Å². The summed E-state index contributed by atoms with van der Waals surface area (Å²) in [7, 11) is 0. The van der Waals surface area contributed by atoms with Crippen molar-refractivity contribution >= 4 is 16.7 Å². The van der Waals surface area contributed by atoms with Gasteiger partial charge in [0.25, 0.3) is 0 Å². The molecule has 118 valence electrons. The molecule has 5 heteroatoms. The van der Waals surface area contributed by atoms with E-state index in [0.717, 1.165) is 30.1 Å². The Morgan fingerprint density at radius 2 is 1.67 bits per heavy atom. The largest absolute Gasteiger partial charge is 0.344 e. The molecule has 0 spiro atoms. The zero-order valence-corrected chi connectivity index (χ0v) is 14.5. The Bertz CT molecular complexity index is 451. The van der Waals surface area contributed by atoms with Crippen molar-refractivity contribution < 1.29 is 0 Å². The molecule has 0 amide bonds. The molecule has 1 aliphatic heterocycles. The van der Waals surface area contributed by atoms with Crippen molar-refractivity contribution in [2.75, 3.05) is 31.1 Å². The van der Waals surface area contributed by atoms with E-state index in [2.05, 4.69) is 34.9 Å². The summed E-state index contributed by atoms with van der Waals surface area (Å²) in [5.74, 6) is 0.984. The summed E-state index contributed by atoms with van der Waals surface area (Å²) in [5.41, 5.74) is 0.0542. The van der Waals surface area contributed by atoms with E-state index in [9.17, 15) is 0 Å². The van der Waals surface area contributed by atoms with Crippen LogP contribution in [0, 0.1) is 0 Å². The van der Waals surface area contributed by atoms with Crippen LogP contribution in [-0.2, 0) is 5.41 Å². The van der Waals surface area contributed by atoms with Crippen LogP contribution >= 0.6 is 11.5 Å². The maximum Gasteiger partial charge on any atom is 0.205 e. The van der Waals surface area contributed by atoms with E-state index in [1.54, 1.807) is 11.5 Å². The molecule has 2 aliphatic rings. The van der Waals surface area contributed by atoms with Crippen LogP contribution in [0.25, 0.3) is 0 Å². The van der Waals surface area contributed by atoms with E-state index >= 15 is 0 Å². The lowest BCUT2D eigenvalue weighted by atomic mass is 9.94. The fourth-order valence-corrected chi connectivity index (χ4v) is 4.28. The minimum atomic E-state index is 0.0542. The topological polar surface area (TPSA) is 32.3 Å². The Labute approximate surface area is 132 Å². The Balaban J connectivity index is 1.56. The third-order valence-electron chi connectivity index (χ3n) is 4.76. The van der Waals surface area contributed by atoms with Crippen LogP contribution in [0.2, 0.25) is 0 Å². The highest BCUT2D eigenvalue weighted by Gasteiger charge is 2.27. The van der Waals surface area contributed by atoms with Crippen molar-refractivity contribution in [1.29, 1.82) is 0 Å². The number of hydrogen-bond donors (Lipinski definition) is 0. The second-order valence-corrected chi connectivity index (χ2v) is 8.20. The van der Waals surface area contributed by atoms with Gasteiger partial charge in [-0.25, -0.2) is 4.98 Å². The van der Waals surface area contributed by atoms with Gasteiger partial charge in [0, 0.05) is 49.2 Å². The molecule has 21 heavy (non-hydrogen) atoms. The van der Waals surface area contributed by atoms with Gasteiger partial charge in [0.2, 0.25) is 5.13 Å².